The van der Waals surface area contributed by atoms with E-state index in [1.165, 1.54) is 10.6 Å². The number of carbonyl (C=O) groups excluding carboxylic acids is 1. The predicted octanol–water partition coefficient (Wildman–Crippen LogP) is 3.33. The Balaban J connectivity index is 2.03. The minimum absolute atomic E-state index is 0.173. The topological polar surface area (TPSA) is 83.8 Å². The van der Waals surface area contributed by atoms with Gasteiger partial charge in [-0.05, 0) is 37.3 Å². The van der Waals surface area contributed by atoms with Crippen LogP contribution in [-0.2, 0) is 10.0 Å². The molecule has 1 aliphatic heterocycles. The highest BCUT2D eigenvalue weighted by molar-refractivity contribution is 7.92. The zero-order valence-electron chi connectivity index (χ0n) is 17.6. The molecular formula is C22H26N4O3S. The van der Waals surface area contributed by atoms with Crippen molar-refractivity contribution in [2.24, 2.45) is 0 Å². The first-order valence-corrected chi connectivity index (χ1v) is 11.9. The van der Waals surface area contributed by atoms with E-state index in [0.29, 0.717) is 29.0 Å². The van der Waals surface area contributed by atoms with Gasteiger partial charge in [-0.3, -0.25) is 9.10 Å². The Morgan fingerprint density at radius 3 is 2.57 bits per heavy atom. The summed E-state index contributed by atoms with van der Waals surface area (Å²) in [4.78, 5) is 12.8. The fourth-order valence-electron chi connectivity index (χ4n) is 4.12. The molecular weight excluding hydrogens is 400 g/mol. The fraction of sp³-hybridized carbons (Fsp3) is 0.364. The van der Waals surface area contributed by atoms with Gasteiger partial charge < -0.3 is 5.32 Å². The summed E-state index contributed by atoms with van der Waals surface area (Å²) in [5.41, 5.74) is 5.26. The number of anilines is 1. The number of fused-ring (bicyclic) bond motifs is 2. The first-order valence-electron chi connectivity index (χ1n) is 10.0. The van der Waals surface area contributed by atoms with Crippen LogP contribution in [0, 0.1) is 6.92 Å². The van der Waals surface area contributed by atoms with Crippen molar-refractivity contribution in [2.75, 3.05) is 24.2 Å². The van der Waals surface area contributed by atoms with E-state index in [1.54, 1.807) is 17.8 Å². The molecule has 0 saturated heterocycles. The van der Waals surface area contributed by atoms with E-state index in [1.807, 2.05) is 37.3 Å². The van der Waals surface area contributed by atoms with Gasteiger partial charge in [0.2, 0.25) is 10.0 Å². The molecule has 0 bridgehead atoms. The van der Waals surface area contributed by atoms with Crippen LogP contribution in [0.4, 0.5) is 5.69 Å². The third kappa shape index (κ3) is 3.45. The highest BCUT2D eigenvalue weighted by Gasteiger charge is 2.29. The molecule has 1 aromatic carbocycles. The molecule has 1 N–H and O–H groups in total. The number of amides is 1. The van der Waals surface area contributed by atoms with Crippen LogP contribution in [0.5, 0.6) is 0 Å². The highest BCUT2D eigenvalue weighted by Crippen LogP contribution is 2.38. The summed E-state index contributed by atoms with van der Waals surface area (Å²) >= 11 is 0. The molecule has 0 radical (unpaired) electrons. The molecule has 8 heteroatoms. The van der Waals surface area contributed by atoms with E-state index in [0.717, 1.165) is 29.5 Å². The van der Waals surface area contributed by atoms with Gasteiger partial charge in [-0.2, -0.15) is 5.10 Å². The lowest BCUT2D eigenvalue weighted by molar-refractivity contribution is 0.0965. The van der Waals surface area contributed by atoms with Crippen LogP contribution in [-0.4, -0.2) is 43.8 Å². The number of benzene rings is 1. The quantitative estimate of drug-likeness (QED) is 0.696. The number of rotatable bonds is 3. The van der Waals surface area contributed by atoms with E-state index < -0.39 is 10.0 Å². The van der Waals surface area contributed by atoms with Gasteiger partial charge in [-0.1, -0.05) is 36.8 Å². The maximum atomic E-state index is 12.8. The predicted molar refractivity (Wildman–Crippen MR) is 119 cm³/mol. The second-order valence-electron chi connectivity index (χ2n) is 7.99. The van der Waals surface area contributed by atoms with Crippen LogP contribution in [0.15, 0.2) is 36.5 Å². The Labute approximate surface area is 176 Å². The number of pyridine rings is 1. The highest BCUT2D eigenvalue weighted by atomic mass is 32.2. The second kappa shape index (κ2) is 7.43. The average molecular weight is 427 g/mol. The molecule has 3 heterocycles. The molecule has 2 aromatic heterocycles. The molecule has 1 unspecified atom stereocenters. The van der Waals surface area contributed by atoms with E-state index >= 15 is 0 Å². The number of sulfonamides is 1. The van der Waals surface area contributed by atoms with E-state index in [-0.39, 0.29) is 11.8 Å². The Morgan fingerprint density at radius 2 is 1.93 bits per heavy atom. The number of nitrogens with zero attached hydrogens (tertiary/aromatic N) is 3. The summed E-state index contributed by atoms with van der Waals surface area (Å²) in [5, 5.41) is 7.42. The van der Waals surface area contributed by atoms with Crippen LogP contribution in [0.2, 0.25) is 0 Å². The lowest BCUT2D eigenvalue weighted by atomic mass is 9.96. The van der Waals surface area contributed by atoms with Gasteiger partial charge in [0.05, 0.1) is 29.2 Å². The van der Waals surface area contributed by atoms with Crippen molar-refractivity contribution >= 4 is 27.1 Å². The third-order valence-corrected chi connectivity index (χ3v) is 6.94. The molecule has 4 rings (SSSR count). The number of hydrogen-bond donors (Lipinski definition) is 1. The first kappa shape index (κ1) is 20.4. The summed E-state index contributed by atoms with van der Waals surface area (Å²) in [5.74, 6) is -0.0474. The maximum Gasteiger partial charge on any atom is 0.255 e. The molecule has 0 spiro atoms. The summed E-state index contributed by atoms with van der Waals surface area (Å²) in [6.07, 6.45) is 4.64. The molecule has 3 aromatic rings. The van der Waals surface area contributed by atoms with E-state index in [2.05, 4.69) is 12.2 Å². The molecule has 0 saturated carbocycles. The monoisotopic (exact) mass is 426 g/mol. The van der Waals surface area contributed by atoms with Crippen molar-refractivity contribution in [2.45, 2.75) is 32.6 Å². The summed E-state index contributed by atoms with van der Waals surface area (Å²) in [7, 11) is -1.82. The van der Waals surface area contributed by atoms with Gasteiger partial charge in [-0.15, -0.1) is 0 Å². The Kier molecular flexibility index (Phi) is 5.05. The van der Waals surface area contributed by atoms with Crippen LogP contribution >= 0.6 is 0 Å². The standard InChI is InChI=1S/C22H26N4O3S/c1-14-7-9-16(10-8-14)21-20(22(27)23-3)18-12-17-15(2)6-5-11-26(30(4,28)29)19(17)13-25(18)24-21/h7-10,12-13,15H,5-6,11H2,1-4H3,(H,23,27). The average Bonchev–Trinajstić information content (AvgIpc) is 2.98. The minimum Gasteiger partial charge on any atom is -0.355 e. The smallest absolute Gasteiger partial charge is 0.255 e. The molecule has 30 heavy (non-hydrogen) atoms. The molecule has 158 valence electrons. The minimum atomic E-state index is -3.42. The summed E-state index contributed by atoms with van der Waals surface area (Å²) < 4.78 is 28.0. The molecule has 1 aliphatic rings. The molecule has 1 amide bonds. The molecule has 7 nitrogen and oxygen atoms in total. The van der Waals surface area contributed by atoms with Crippen molar-refractivity contribution in [3.63, 3.8) is 0 Å². The number of aromatic nitrogens is 2. The number of carbonyl (C=O) groups is 1. The second-order valence-corrected chi connectivity index (χ2v) is 9.90. The third-order valence-electron chi connectivity index (χ3n) is 5.76. The van der Waals surface area contributed by atoms with Gasteiger partial charge in [0.25, 0.3) is 5.91 Å². The molecule has 0 aliphatic carbocycles. The van der Waals surface area contributed by atoms with Gasteiger partial charge in [0.15, 0.2) is 0 Å². The van der Waals surface area contributed by atoms with Gasteiger partial charge in [0.1, 0.15) is 5.69 Å². The summed E-state index contributed by atoms with van der Waals surface area (Å²) in [6.45, 7) is 4.54. The Hall–Kier alpha value is -2.87. The van der Waals surface area contributed by atoms with Crippen molar-refractivity contribution in [1.29, 1.82) is 0 Å². The van der Waals surface area contributed by atoms with Crippen LogP contribution in [0.25, 0.3) is 16.8 Å². The number of nitrogens with one attached hydrogen (secondary N) is 1. The lowest BCUT2D eigenvalue weighted by Gasteiger charge is -2.23. The fourth-order valence-corrected chi connectivity index (χ4v) is 5.09. The lowest BCUT2D eigenvalue weighted by Crippen LogP contribution is -2.31. The Bertz CT molecular complexity index is 1230. The van der Waals surface area contributed by atoms with Gasteiger partial charge in [0, 0.05) is 19.2 Å². The zero-order valence-corrected chi connectivity index (χ0v) is 18.5. The first-order chi connectivity index (χ1) is 14.2. The maximum absolute atomic E-state index is 12.8. The summed E-state index contributed by atoms with van der Waals surface area (Å²) in [6, 6.07) is 9.78. The molecule has 0 fully saturated rings. The van der Waals surface area contributed by atoms with Crippen molar-refractivity contribution < 1.29 is 13.2 Å². The van der Waals surface area contributed by atoms with E-state index in [9.17, 15) is 13.2 Å². The molecule has 1 atom stereocenters. The normalized spacial score (nSPS) is 16.9. The van der Waals surface area contributed by atoms with Crippen molar-refractivity contribution in [1.82, 2.24) is 14.9 Å². The largest absolute Gasteiger partial charge is 0.355 e. The van der Waals surface area contributed by atoms with Crippen molar-refractivity contribution in [3.05, 3.63) is 53.2 Å². The van der Waals surface area contributed by atoms with Crippen molar-refractivity contribution in [3.8, 4) is 11.3 Å². The van der Waals surface area contributed by atoms with Gasteiger partial charge >= 0.3 is 0 Å². The van der Waals surface area contributed by atoms with Gasteiger partial charge in [-0.25, -0.2) is 12.9 Å². The number of hydrogen-bond acceptors (Lipinski definition) is 4. The zero-order chi connectivity index (χ0) is 21.6. The van der Waals surface area contributed by atoms with Crippen LogP contribution < -0.4 is 9.62 Å². The Morgan fingerprint density at radius 1 is 1.23 bits per heavy atom. The van der Waals surface area contributed by atoms with Crippen LogP contribution in [0.1, 0.15) is 47.2 Å². The van der Waals surface area contributed by atoms with Crippen LogP contribution in [0.3, 0.4) is 0 Å². The number of aryl methyl sites for hydroxylation is 1. The van der Waals surface area contributed by atoms with E-state index in [4.69, 9.17) is 5.10 Å². The SMILES string of the molecule is CNC(=O)c1c(-c2ccc(C)cc2)nn2cc3c(cc12)C(C)CCCN3S(C)(=O)=O.